The normalized spacial score (nSPS) is 13.8. The molecule has 0 radical (unpaired) electrons. The van der Waals surface area contributed by atoms with Crippen molar-refractivity contribution >= 4 is 22.2 Å². The van der Waals surface area contributed by atoms with E-state index in [1.807, 2.05) is 22.4 Å². The van der Waals surface area contributed by atoms with Crippen LogP contribution in [0.3, 0.4) is 0 Å². The van der Waals surface area contributed by atoms with E-state index in [0.717, 1.165) is 0 Å². The number of carbonyl (C=O) groups excluding carboxylic acids is 1. The number of benzene rings is 1. The lowest BCUT2D eigenvalue weighted by Crippen LogP contribution is -2.25. The Morgan fingerprint density at radius 2 is 1.82 bits per heavy atom. The van der Waals surface area contributed by atoms with Gasteiger partial charge in [0, 0.05) is 13.1 Å². The van der Waals surface area contributed by atoms with Gasteiger partial charge in [0.2, 0.25) is 0 Å². The molecule has 1 aliphatic rings. The van der Waals surface area contributed by atoms with Crippen LogP contribution in [0.5, 0.6) is 0 Å². The van der Waals surface area contributed by atoms with E-state index in [1.165, 1.54) is 22.5 Å². The number of hydrogen-bond acceptors (Lipinski definition) is 3. The van der Waals surface area contributed by atoms with E-state index in [9.17, 15) is 4.79 Å². The lowest BCUT2D eigenvalue weighted by atomic mass is 10.1. The molecule has 0 saturated heterocycles. The van der Waals surface area contributed by atoms with E-state index in [4.69, 9.17) is 5.73 Å². The number of amides is 1. The summed E-state index contributed by atoms with van der Waals surface area (Å²) in [5.41, 5.74) is 8.88. The molecule has 0 fully saturated rings. The molecular weight excluding hydrogens is 232 g/mol. The monoisotopic (exact) mass is 244 g/mol. The van der Waals surface area contributed by atoms with Crippen molar-refractivity contribution in [1.29, 1.82) is 0 Å². The van der Waals surface area contributed by atoms with Crippen molar-refractivity contribution in [1.82, 2.24) is 4.90 Å². The zero-order valence-electron chi connectivity index (χ0n) is 9.22. The lowest BCUT2D eigenvalue weighted by Gasteiger charge is -2.14. The summed E-state index contributed by atoms with van der Waals surface area (Å²) in [5, 5.41) is 2.46. The highest BCUT2D eigenvalue weighted by Gasteiger charge is 2.25. The fourth-order valence-corrected chi connectivity index (χ4v) is 2.78. The van der Waals surface area contributed by atoms with Crippen LogP contribution in [-0.4, -0.2) is 10.8 Å². The first kappa shape index (κ1) is 10.4. The van der Waals surface area contributed by atoms with Crippen LogP contribution < -0.4 is 5.73 Å². The van der Waals surface area contributed by atoms with E-state index < -0.39 is 0 Å². The predicted molar refractivity (Wildman–Crippen MR) is 68.8 cm³/mol. The molecule has 0 unspecified atom stereocenters. The summed E-state index contributed by atoms with van der Waals surface area (Å²) in [5.74, 6) is 0.0277. The summed E-state index contributed by atoms with van der Waals surface area (Å²) in [4.78, 5) is 14.1. The summed E-state index contributed by atoms with van der Waals surface area (Å²) in [6.07, 6.45) is 0. The minimum atomic E-state index is 0.0277. The van der Waals surface area contributed by atoms with Gasteiger partial charge in [-0.2, -0.15) is 0 Å². The van der Waals surface area contributed by atoms with E-state index in [1.54, 1.807) is 6.07 Å². The molecule has 86 valence electrons. The van der Waals surface area contributed by atoms with Crippen molar-refractivity contribution in [3.05, 3.63) is 52.4 Å². The van der Waals surface area contributed by atoms with Crippen molar-refractivity contribution in [2.75, 3.05) is 5.73 Å². The molecule has 0 bridgehead atoms. The van der Waals surface area contributed by atoms with Crippen LogP contribution >= 0.6 is 11.3 Å². The summed E-state index contributed by atoms with van der Waals surface area (Å²) in [6.45, 7) is 1.37. The summed E-state index contributed by atoms with van der Waals surface area (Å²) in [6, 6.07) is 9.95. The third-order valence-corrected chi connectivity index (χ3v) is 3.80. The Hall–Kier alpha value is -1.81. The Morgan fingerprint density at radius 3 is 2.35 bits per heavy atom. The molecule has 0 saturated carbocycles. The fourth-order valence-electron chi connectivity index (χ4n) is 2.14. The maximum absolute atomic E-state index is 12.3. The van der Waals surface area contributed by atoms with E-state index in [-0.39, 0.29) is 5.91 Å². The molecule has 1 aliphatic heterocycles. The molecule has 3 nitrogen and oxygen atoms in total. The molecule has 1 aromatic carbocycles. The first-order valence-electron chi connectivity index (χ1n) is 5.45. The maximum atomic E-state index is 12.3. The number of nitrogen functional groups attached to an aromatic ring is 1. The molecule has 17 heavy (non-hydrogen) atoms. The van der Waals surface area contributed by atoms with Crippen molar-refractivity contribution in [3.8, 4) is 0 Å². The van der Waals surface area contributed by atoms with Gasteiger partial charge in [0.15, 0.2) is 0 Å². The molecule has 1 amide bonds. The first-order chi connectivity index (χ1) is 8.25. The van der Waals surface area contributed by atoms with Crippen LogP contribution in [0.2, 0.25) is 0 Å². The molecule has 0 aliphatic carbocycles. The molecule has 2 heterocycles. The van der Waals surface area contributed by atoms with E-state index >= 15 is 0 Å². The second-order valence-electron chi connectivity index (χ2n) is 4.13. The van der Waals surface area contributed by atoms with Crippen LogP contribution in [0.15, 0.2) is 35.7 Å². The average molecular weight is 244 g/mol. The molecule has 2 aromatic rings. The lowest BCUT2D eigenvalue weighted by molar-refractivity contribution is 0.0753. The fraction of sp³-hybridized carbons (Fsp3) is 0.154. The van der Waals surface area contributed by atoms with Gasteiger partial charge in [-0.15, -0.1) is 11.3 Å². The number of fused-ring (bicyclic) bond motifs is 1. The Bertz CT molecular complexity index is 551. The van der Waals surface area contributed by atoms with Gasteiger partial charge >= 0.3 is 0 Å². The number of carbonyl (C=O) groups is 1. The summed E-state index contributed by atoms with van der Waals surface area (Å²) >= 11 is 1.41. The molecular formula is C13H12N2OS. The van der Waals surface area contributed by atoms with Crippen molar-refractivity contribution < 1.29 is 4.79 Å². The van der Waals surface area contributed by atoms with Crippen LogP contribution in [0.25, 0.3) is 0 Å². The smallest absolute Gasteiger partial charge is 0.257 e. The Labute approximate surface area is 103 Å². The number of hydrogen-bond donors (Lipinski definition) is 1. The molecule has 3 rings (SSSR count). The minimum absolute atomic E-state index is 0.0277. The van der Waals surface area contributed by atoms with Crippen molar-refractivity contribution in [2.24, 2.45) is 0 Å². The number of nitrogens with two attached hydrogens (primary N) is 1. The zero-order valence-corrected chi connectivity index (χ0v) is 10.0. The van der Waals surface area contributed by atoms with E-state index in [0.29, 0.717) is 23.7 Å². The largest absolute Gasteiger partial charge is 0.390 e. The van der Waals surface area contributed by atoms with Gasteiger partial charge in [-0.25, -0.2) is 0 Å². The van der Waals surface area contributed by atoms with Gasteiger partial charge in [0.1, 0.15) is 0 Å². The standard InChI is InChI=1S/C13H12N2OS/c14-12-11(5-6-17-12)13(16)15-7-9-3-1-2-4-10(9)8-15/h1-6H,7-8,14H2. The van der Waals surface area contributed by atoms with E-state index in [2.05, 4.69) is 12.1 Å². The van der Waals surface area contributed by atoms with Crippen molar-refractivity contribution in [3.63, 3.8) is 0 Å². The SMILES string of the molecule is Nc1sccc1C(=O)N1Cc2ccccc2C1. The Balaban J connectivity index is 1.86. The van der Waals surface area contributed by atoms with Crippen LogP contribution in [0.1, 0.15) is 21.5 Å². The average Bonchev–Trinajstić information content (AvgIpc) is 2.93. The van der Waals surface area contributed by atoms with Gasteiger partial charge in [-0.05, 0) is 22.6 Å². The quantitative estimate of drug-likeness (QED) is 0.837. The first-order valence-corrected chi connectivity index (χ1v) is 6.32. The number of rotatable bonds is 1. The van der Waals surface area contributed by atoms with Gasteiger partial charge < -0.3 is 10.6 Å². The third-order valence-electron chi connectivity index (χ3n) is 3.05. The topological polar surface area (TPSA) is 46.3 Å². The third kappa shape index (κ3) is 1.70. The van der Waals surface area contributed by atoms with Crippen LogP contribution in [0.4, 0.5) is 5.00 Å². The minimum Gasteiger partial charge on any atom is -0.390 e. The second kappa shape index (κ2) is 3.89. The number of anilines is 1. The molecule has 2 N–H and O–H groups in total. The molecule has 0 atom stereocenters. The molecule has 4 heteroatoms. The number of thiophene rings is 1. The molecule has 1 aromatic heterocycles. The summed E-state index contributed by atoms with van der Waals surface area (Å²) < 4.78 is 0. The van der Waals surface area contributed by atoms with Gasteiger partial charge in [-0.1, -0.05) is 24.3 Å². The van der Waals surface area contributed by atoms with Gasteiger partial charge in [0.25, 0.3) is 5.91 Å². The predicted octanol–water partition coefficient (Wildman–Crippen LogP) is 2.49. The Morgan fingerprint density at radius 1 is 1.18 bits per heavy atom. The highest BCUT2D eigenvalue weighted by atomic mass is 32.1. The second-order valence-corrected chi connectivity index (χ2v) is 5.08. The van der Waals surface area contributed by atoms with Crippen molar-refractivity contribution in [2.45, 2.75) is 13.1 Å². The highest BCUT2D eigenvalue weighted by molar-refractivity contribution is 7.14. The Kier molecular flexibility index (Phi) is 2.37. The maximum Gasteiger partial charge on any atom is 0.257 e. The van der Waals surface area contributed by atoms with Gasteiger partial charge in [-0.3, -0.25) is 4.79 Å². The zero-order chi connectivity index (χ0) is 11.8. The number of nitrogens with zero attached hydrogens (tertiary/aromatic N) is 1. The van der Waals surface area contributed by atoms with Gasteiger partial charge in [0.05, 0.1) is 10.6 Å². The van der Waals surface area contributed by atoms with Crippen LogP contribution in [0, 0.1) is 0 Å². The summed E-state index contributed by atoms with van der Waals surface area (Å²) in [7, 11) is 0. The van der Waals surface area contributed by atoms with Crippen LogP contribution in [-0.2, 0) is 13.1 Å². The molecule has 0 spiro atoms. The highest BCUT2D eigenvalue weighted by Crippen LogP contribution is 2.27.